The molecule has 2 saturated carbocycles. The van der Waals surface area contributed by atoms with Gasteiger partial charge in [-0.3, -0.25) is 0 Å². The molecule has 0 aromatic carbocycles. The van der Waals surface area contributed by atoms with Crippen LogP contribution < -0.4 is 5.32 Å². The van der Waals surface area contributed by atoms with Gasteiger partial charge in [-0.15, -0.1) is 21.5 Å². The fourth-order valence-electron chi connectivity index (χ4n) is 3.13. The molecular weight excluding hydrogens is 254 g/mol. The summed E-state index contributed by atoms with van der Waals surface area (Å²) < 4.78 is 0. The van der Waals surface area contributed by atoms with Crippen molar-refractivity contribution >= 4 is 11.3 Å². The van der Waals surface area contributed by atoms with Crippen molar-refractivity contribution in [2.24, 2.45) is 5.41 Å². The van der Waals surface area contributed by atoms with Gasteiger partial charge in [0.2, 0.25) is 0 Å². The van der Waals surface area contributed by atoms with Gasteiger partial charge in [-0.25, -0.2) is 0 Å². The van der Waals surface area contributed by atoms with E-state index in [4.69, 9.17) is 0 Å². The van der Waals surface area contributed by atoms with E-state index in [1.807, 2.05) is 11.3 Å². The van der Waals surface area contributed by atoms with Gasteiger partial charge in [0.15, 0.2) is 0 Å². The Balaban J connectivity index is 1.50. The van der Waals surface area contributed by atoms with Crippen molar-refractivity contribution in [3.8, 4) is 0 Å². The lowest BCUT2D eigenvalue weighted by Gasteiger charge is -2.24. The van der Waals surface area contributed by atoms with Gasteiger partial charge in [0.05, 0.1) is 0 Å². The van der Waals surface area contributed by atoms with E-state index in [2.05, 4.69) is 29.4 Å². The smallest absolute Gasteiger partial charge is 0.121 e. The van der Waals surface area contributed by atoms with Crippen molar-refractivity contribution < 1.29 is 0 Å². The third kappa shape index (κ3) is 3.34. The highest BCUT2D eigenvalue weighted by molar-refractivity contribution is 7.11. The molecule has 4 heteroatoms. The monoisotopic (exact) mass is 279 g/mol. The summed E-state index contributed by atoms with van der Waals surface area (Å²) in [4.78, 5) is 0. The standard InChI is InChI=1S/C15H25N3S/c1-15(2)9-3-5-12(15)14-18-17-13(19-14)6-4-10-16-11-7-8-11/h11-12,16H,3-10H2,1-2H3. The molecule has 0 amide bonds. The number of aryl methyl sites for hydroxylation is 1. The molecule has 1 unspecified atom stereocenters. The molecule has 106 valence electrons. The molecule has 2 aliphatic carbocycles. The maximum Gasteiger partial charge on any atom is 0.121 e. The lowest BCUT2D eigenvalue weighted by molar-refractivity contribution is 0.330. The minimum atomic E-state index is 0.421. The first-order valence-corrected chi connectivity index (χ1v) is 8.52. The molecule has 3 nitrogen and oxygen atoms in total. The van der Waals surface area contributed by atoms with Crippen LogP contribution in [-0.2, 0) is 6.42 Å². The van der Waals surface area contributed by atoms with E-state index in [1.165, 1.54) is 48.5 Å². The maximum absolute atomic E-state index is 4.47. The number of hydrogen-bond donors (Lipinski definition) is 1. The van der Waals surface area contributed by atoms with Crippen LogP contribution in [0.1, 0.15) is 68.3 Å². The third-order valence-electron chi connectivity index (χ3n) is 4.62. The van der Waals surface area contributed by atoms with Crippen LogP contribution in [0.5, 0.6) is 0 Å². The SMILES string of the molecule is CC1(C)CCCC1c1nnc(CCCNC2CC2)s1. The van der Waals surface area contributed by atoms with E-state index in [-0.39, 0.29) is 0 Å². The summed E-state index contributed by atoms with van der Waals surface area (Å²) in [5.41, 5.74) is 0.421. The van der Waals surface area contributed by atoms with E-state index in [0.29, 0.717) is 11.3 Å². The Bertz CT molecular complexity index is 423. The van der Waals surface area contributed by atoms with Crippen molar-refractivity contribution in [3.05, 3.63) is 10.0 Å². The molecule has 0 spiro atoms. The minimum Gasteiger partial charge on any atom is -0.314 e. The normalized spacial score (nSPS) is 25.9. The summed E-state index contributed by atoms with van der Waals surface area (Å²) in [6.07, 6.45) is 9.00. The highest BCUT2D eigenvalue weighted by Crippen LogP contribution is 2.49. The average molecular weight is 279 g/mol. The predicted octanol–water partition coefficient (Wildman–Crippen LogP) is 3.52. The summed E-state index contributed by atoms with van der Waals surface area (Å²) in [6, 6.07) is 0.823. The number of nitrogens with one attached hydrogen (secondary N) is 1. The molecule has 0 saturated heterocycles. The Morgan fingerprint density at radius 1 is 1.26 bits per heavy atom. The number of nitrogens with zero attached hydrogens (tertiary/aromatic N) is 2. The fourth-order valence-corrected chi connectivity index (χ4v) is 4.36. The second kappa shape index (κ2) is 5.49. The molecule has 0 radical (unpaired) electrons. The van der Waals surface area contributed by atoms with Gasteiger partial charge in [-0.1, -0.05) is 20.3 Å². The first kappa shape index (κ1) is 13.5. The molecule has 2 fully saturated rings. The average Bonchev–Trinajstić information content (AvgIpc) is 2.96. The minimum absolute atomic E-state index is 0.421. The molecule has 2 aliphatic rings. The summed E-state index contributed by atoms with van der Waals surface area (Å²) in [6.45, 7) is 5.89. The lowest BCUT2D eigenvalue weighted by atomic mass is 9.82. The van der Waals surface area contributed by atoms with Crippen LogP contribution in [0.2, 0.25) is 0 Å². The molecule has 0 bridgehead atoms. The number of hydrogen-bond acceptors (Lipinski definition) is 4. The van der Waals surface area contributed by atoms with Crippen LogP contribution >= 0.6 is 11.3 Å². The second-order valence-corrected chi connectivity index (χ2v) is 7.89. The van der Waals surface area contributed by atoms with Crippen molar-refractivity contribution in [3.63, 3.8) is 0 Å². The first-order chi connectivity index (χ1) is 9.15. The van der Waals surface area contributed by atoms with E-state index in [9.17, 15) is 0 Å². The quantitative estimate of drug-likeness (QED) is 0.810. The van der Waals surface area contributed by atoms with Crippen LogP contribution in [0.4, 0.5) is 0 Å². The van der Waals surface area contributed by atoms with Gasteiger partial charge in [0.25, 0.3) is 0 Å². The van der Waals surface area contributed by atoms with Crippen molar-refractivity contribution in [2.75, 3.05) is 6.54 Å². The van der Waals surface area contributed by atoms with Crippen LogP contribution in [0.3, 0.4) is 0 Å². The Hall–Kier alpha value is -0.480. The molecule has 0 aliphatic heterocycles. The lowest BCUT2D eigenvalue weighted by Crippen LogP contribution is -2.17. The Morgan fingerprint density at radius 2 is 2.11 bits per heavy atom. The number of aromatic nitrogens is 2. The summed E-state index contributed by atoms with van der Waals surface area (Å²) in [5, 5.41) is 14.9. The van der Waals surface area contributed by atoms with Crippen molar-refractivity contribution in [1.29, 1.82) is 0 Å². The highest BCUT2D eigenvalue weighted by atomic mass is 32.1. The van der Waals surface area contributed by atoms with Gasteiger partial charge in [-0.2, -0.15) is 0 Å². The van der Waals surface area contributed by atoms with Crippen LogP contribution in [-0.4, -0.2) is 22.8 Å². The topological polar surface area (TPSA) is 37.8 Å². The molecule has 1 aromatic heterocycles. The fraction of sp³-hybridized carbons (Fsp3) is 0.867. The number of rotatable bonds is 6. The van der Waals surface area contributed by atoms with E-state index < -0.39 is 0 Å². The van der Waals surface area contributed by atoms with Gasteiger partial charge in [-0.05, 0) is 44.1 Å². The second-order valence-electron chi connectivity index (χ2n) is 6.80. The van der Waals surface area contributed by atoms with Gasteiger partial charge in [0, 0.05) is 18.4 Å². The van der Waals surface area contributed by atoms with E-state index >= 15 is 0 Å². The van der Waals surface area contributed by atoms with Gasteiger partial charge in [0.1, 0.15) is 10.0 Å². The first-order valence-electron chi connectivity index (χ1n) is 7.71. The molecular formula is C15H25N3S. The maximum atomic E-state index is 4.47. The van der Waals surface area contributed by atoms with Crippen LogP contribution in [0.15, 0.2) is 0 Å². The molecule has 3 rings (SSSR count). The zero-order valence-electron chi connectivity index (χ0n) is 12.1. The Kier molecular flexibility index (Phi) is 3.90. The summed E-state index contributed by atoms with van der Waals surface area (Å²) >= 11 is 1.86. The molecule has 1 aromatic rings. The summed E-state index contributed by atoms with van der Waals surface area (Å²) in [7, 11) is 0. The van der Waals surface area contributed by atoms with Gasteiger partial charge >= 0.3 is 0 Å². The largest absolute Gasteiger partial charge is 0.314 e. The van der Waals surface area contributed by atoms with E-state index in [0.717, 1.165) is 19.0 Å². The van der Waals surface area contributed by atoms with Crippen molar-refractivity contribution in [1.82, 2.24) is 15.5 Å². The zero-order valence-corrected chi connectivity index (χ0v) is 12.9. The summed E-state index contributed by atoms with van der Waals surface area (Å²) in [5.74, 6) is 0.642. The predicted molar refractivity (Wildman–Crippen MR) is 79.6 cm³/mol. The van der Waals surface area contributed by atoms with Crippen LogP contribution in [0, 0.1) is 5.41 Å². The molecule has 1 N–H and O–H groups in total. The Morgan fingerprint density at radius 3 is 2.79 bits per heavy atom. The Labute approximate surface area is 120 Å². The molecule has 1 atom stereocenters. The zero-order chi connectivity index (χ0) is 13.3. The molecule has 1 heterocycles. The third-order valence-corrected chi connectivity index (χ3v) is 5.71. The van der Waals surface area contributed by atoms with Crippen LogP contribution in [0.25, 0.3) is 0 Å². The van der Waals surface area contributed by atoms with E-state index in [1.54, 1.807) is 0 Å². The highest BCUT2D eigenvalue weighted by Gasteiger charge is 2.37. The molecule has 19 heavy (non-hydrogen) atoms. The van der Waals surface area contributed by atoms with Gasteiger partial charge < -0.3 is 5.32 Å². The van der Waals surface area contributed by atoms with Crippen molar-refractivity contribution in [2.45, 2.75) is 70.8 Å².